The van der Waals surface area contributed by atoms with E-state index in [2.05, 4.69) is 0 Å². The third-order valence-corrected chi connectivity index (χ3v) is 10.0. The van der Waals surface area contributed by atoms with Crippen LogP contribution in [-0.2, 0) is 8.54 Å². The molecule has 0 fully saturated rings. The van der Waals surface area contributed by atoms with E-state index in [4.69, 9.17) is 8.54 Å². The SMILES string of the molecule is CO[Si](C)(CCC(C(F)(F)F)C(F)(F)C(F)(F)C(F)(F)C(F)F)O[Si](C)(C)C. The molecule has 0 aliphatic carbocycles. The van der Waals surface area contributed by atoms with Gasteiger partial charge in [0.2, 0.25) is 0 Å². The fourth-order valence-corrected chi connectivity index (χ4v) is 9.32. The minimum Gasteiger partial charge on any atom is -0.436 e. The molecule has 0 radical (unpaired) electrons. The summed E-state index contributed by atoms with van der Waals surface area (Å²) < 4.78 is 155. The minimum atomic E-state index is -6.95. The first-order valence-corrected chi connectivity index (χ1v) is 13.7. The van der Waals surface area contributed by atoms with Gasteiger partial charge in [-0.15, -0.1) is 0 Å². The summed E-state index contributed by atoms with van der Waals surface area (Å²) in [5, 5.41) is 0. The quantitative estimate of drug-likeness (QED) is 0.274. The molecule has 0 amide bonds. The van der Waals surface area contributed by atoms with Crippen molar-refractivity contribution in [2.75, 3.05) is 7.11 Å². The van der Waals surface area contributed by atoms with E-state index in [0.29, 0.717) is 0 Å². The predicted octanol–water partition coefficient (Wildman–Crippen LogP) is 6.30. The third kappa shape index (κ3) is 6.04. The molecule has 2 atom stereocenters. The predicted molar refractivity (Wildman–Crippen MR) is 82.9 cm³/mol. The zero-order chi connectivity index (χ0) is 23.0. The van der Waals surface area contributed by atoms with Gasteiger partial charge in [0.1, 0.15) is 5.92 Å². The van der Waals surface area contributed by atoms with E-state index in [9.17, 15) is 48.3 Å². The molecule has 15 heteroatoms. The Morgan fingerprint density at radius 3 is 1.50 bits per heavy atom. The van der Waals surface area contributed by atoms with Crippen molar-refractivity contribution in [3.8, 4) is 0 Å². The van der Waals surface area contributed by atoms with Crippen molar-refractivity contribution in [2.24, 2.45) is 5.92 Å². The summed E-state index contributed by atoms with van der Waals surface area (Å²) in [7, 11) is -5.00. The van der Waals surface area contributed by atoms with Gasteiger partial charge < -0.3 is 8.54 Å². The lowest BCUT2D eigenvalue weighted by Gasteiger charge is -2.39. The molecule has 2 nitrogen and oxygen atoms in total. The average molecular weight is 474 g/mol. The van der Waals surface area contributed by atoms with Crippen molar-refractivity contribution in [3.05, 3.63) is 0 Å². The minimum absolute atomic E-state index is 0.899. The van der Waals surface area contributed by atoms with Crippen molar-refractivity contribution in [3.63, 3.8) is 0 Å². The van der Waals surface area contributed by atoms with Crippen LogP contribution in [0.2, 0.25) is 32.2 Å². The van der Waals surface area contributed by atoms with Crippen LogP contribution in [0.4, 0.5) is 48.3 Å². The molecule has 2 unspecified atom stereocenters. The monoisotopic (exact) mass is 474 g/mol. The Kier molecular flexibility index (Phi) is 8.25. The second kappa shape index (κ2) is 8.37. The van der Waals surface area contributed by atoms with Crippen LogP contribution in [-0.4, -0.2) is 54.4 Å². The van der Waals surface area contributed by atoms with Gasteiger partial charge in [-0.25, -0.2) is 8.78 Å². The maximum absolute atomic E-state index is 13.9. The molecule has 0 aromatic heterocycles. The van der Waals surface area contributed by atoms with Crippen LogP contribution in [0.15, 0.2) is 0 Å². The van der Waals surface area contributed by atoms with Crippen LogP contribution in [0.3, 0.4) is 0 Å². The number of hydrogen-bond donors (Lipinski definition) is 0. The van der Waals surface area contributed by atoms with E-state index in [1.807, 2.05) is 0 Å². The second-order valence-corrected chi connectivity index (χ2v) is 15.5. The Morgan fingerprint density at radius 2 is 1.21 bits per heavy atom. The summed E-state index contributed by atoms with van der Waals surface area (Å²) in [6.45, 7) is 6.00. The van der Waals surface area contributed by atoms with Gasteiger partial charge in [-0.05, 0) is 38.7 Å². The van der Waals surface area contributed by atoms with E-state index in [-0.39, 0.29) is 0 Å². The number of rotatable bonds is 10. The van der Waals surface area contributed by atoms with Crippen molar-refractivity contribution in [1.82, 2.24) is 0 Å². The maximum Gasteiger partial charge on any atom is 0.397 e. The normalized spacial score (nSPS) is 18.3. The Balaban J connectivity index is 5.95. The molecule has 0 aromatic carbocycles. The van der Waals surface area contributed by atoms with Crippen molar-refractivity contribution in [1.29, 1.82) is 0 Å². The lowest BCUT2D eigenvalue weighted by molar-refractivity contribution is -0.374. The number of alkyl halides is 11. The molecule has 0 bridgehead atoms. The molecule has 0 N–H and O–H groups in total. The van der Waals surface area contributed by atoms with Crippen LogP contribution >= 0.6 is 0 Å². The first-order valence-electron chi connectivity index (χ1n) is 7.79. The summed E-state index contributed by atoms with van der Waals surface area (Å²) >= 11 is 0. The highest BCUT2D eigenvalue weighted by molar-refractivity contribution is 6.81. The zero-order valence-corrected chi connectivity index (χ0v) is 17.5. The molecule has 28 heavy (non-hydrogen) atoms. The molecular weight excluding hydrogens is 453 g/mol. The Bertz CT molecular complexity index is 520. The molecule has 0 heterocycles. The number of halogens is 11. The molecule has 170 valence electrons. The van der Waals surface area contributed by atoms with Gasteiger partial charge >= 0.3 is 38.9 Å². The largest absolute Gasteiger partial charge is 0.436 e. The van der Waals surface area contributed by atoms with Crippen LogP contribution < -0.4 is 0 Å². The summed E-state index contributed by atoms with van der Waals surface area (Å²) in [4.78, 5) is 0. The van der Waals surface area contributed by atoms with E-state index in [1.165, 1.54) is 6.55 Å². The van der Waals surface area contributed by atoms with Crippen LogP contribution in [0, 0.1) is 5.92 Å². The molecule has 0 saturated carbocycles. The van der Waals surface area contributed by atoms with Crippen LogP contribution in [0.5, 0.6) is 0 Å². The van der Waals surface area contributed by atoms with Gasteiger partial charge in [-0.2, -0.15) is 39.5 Å². The second-order valence-electron chi connectivity index (χ2n) is 7.31. The van der Waals surface area contributed by atoms with Gasteiger partial charge in [0.05, 0.1) is 0 Å². The van der Waals surface area contributed by atoms with E-state index in [1.54, 1.807) is 19.6 Å². The summed E-state index contributed by atoms with van der Waals surface area (Å²) in [6, 6.07) is -0.899. The molecule has 0 aliphatic rings. The van der Waals surface area contributed by atoms with E-state index < -0.39 is 65.6 Å². The molecule has 0 aromatic rings. The van der Waals surface area contributed by atoms with Crippen LogP contribution in [0.1, 0.15) is 6.42 Å². The topological polar surface area (TPSA) is 18.5 Å². The number of hydrogen-bond acceptors (Lipinski definition) is 2. The fourth-order valence-electron chi connectivity index (χ4n) is 2.38. The van der Waals surface area contributed by atoms with Crippen molar-refractivity contribution in [2.45, 2.75) is 69.0 Å². The first-order chi connectivity index (χ1) is 12.1. The van der Waals surface area contributed by atoms with Gasteiger partial charge in [-0.3, -0.25) is 0 Å². The molecule has 0 saturated heterocycles. The van der Waals surface area contributed by atoms with Gasteiger partial charge in [0, 0.05) is 7.11 Å². The first kappa shape index (κ1) is 27.6. The van der Waals surface area contributed by atoms with Crippen LogP contribution in [0.25, 0.3) is 0 Å². The molecular formula is C13H21F11O2Si2. The third-order valence-electron chi connectivity index (χ3n) is 3.79. The molecule has 0 aliphatic heterocycles. The highest BCUT2D eigenvalue weighted by Gasteiger charge is 2.80. The molecule has 0 rings (SSSR count). The summed E-state index contributed by atoms with van der Waals surface area (Å²) in [5.74, 6) is -24.4. The highest BCUT2D eigenvalue weighted by Crippen LogP contribution is 2.56. The van der Waals surface area contributed by atoms with Gasteiger partial charge in [0.15, 0.2) is 8.32 Å². The highest BCUT2D eigenvalue weighted by atomic mass is 28.4. The Labute approximate surface area is 156 Å². The summed E-state index contributed by atoms with van der Waals surface area (Å²) in [5.41, 5.74) is 0. The van der Waals surface area contributed by atoms with Crippen molar-refractivity contribution >= 4 is 16.9 Å². The standard InChI is InChI=1S/C13H21F11O2Si2/c1-25-28(5,26-27(2,3)4)7-6-8(12(20,21)22)10(16,17)13(23,24)11(18,19)9(14)15/h8-9H,6-7H2,1-5H3. The average Bonchev–Trinajstić information content (AvgIpc) is 2.43. The van der Waals surface area contributed by atoms with E-state index >= 15 is 0 Å². The van der Waals surface area contributed by atoms with Crippen molar-refractivity contribution < 1.29 is 56.8 Å². The Morgan fingerprint density at radius 1 is 0.786 bits per heavy atom. The van der Waals surface area contributed by atoms with E-state index in [0.717, 1.165) is 7.11 Å². The maximum atomic E-state index is 13.9. The fraction of sp³-hybridized carbons (Fsp3) is 1.00. The lowest BCUT2D eigenvalue weighted by atomic mass is 9.89. The Hall–Kier alpha value is -0.416. The zero-order valence-electron chi connectivity index (χ0n) is 15.5. The smallest absolute Gasteiger partial charge is 0.397 e. The molecule has 0 spiro atoms. The lowest BCUT2D eigenvalue weighted by Crippen LogP contribution is -2.62. The van der Waals surface area contributed by atoms with Gasteiger partial charge in [0.25, 0.3) is 0 Å². The summed E-state index contributed by atoms with van der Waals surface area (Å²) in [6.07, 6.45) is -13.1. The van der Waals surface area contributed by atoms with Gasteiger partial charge in [-0.1, -0.05) is 0 Å².